The maximum Gasteiger partial charge on any atom is 0.373 e. The molecule has 44 heavy (non-hydrogen) atoms. The van der Waals surface area contributed by atoms with Gasteiger partial charge in [-0.25, -0.2) is 0 Å². The largest absolute Gasteiger partial charge is 0.405 e. The minimum atomic E-state index is 0.826. The fourth-order valence-electron chi connectivity index (χ4n) is 5.83. The first-order valence-electron chi connectivity index (χ1n) is 18.2. The van der Waals surface area contributed by atoms with Crippen LogP contribution in [0.25, 0.3) is 0 Å². The molecular weight excluding hydrogens is 540 g/mol. The van der Waals surface area contributed by atoms with Crippen LogP contribution in [0.5, 0.6) is 23.3 Å². The van der Waals surface area contributed by atoms with Gasteiger partial charge >= 0.3 is 11.8 Å². The molecule has 3 rings (SSSR count). The second-order valence-electron chi connectivity index (χ2n) is 12.5. The van der Waals surface area contributed by atoms with Crippen molar-refractivity contribution in [1.82, 2.24) is 0 Å². The summed E-state index contributed by atoms with van der Waals surface area (Å²) in [5.41, 5.74) is 0. The molecule has 0 saturated heterocycles. The molecule has 3 aromatic rings. The molecule has 0 radical (unpaired) electrons. The summed E-state index contributed by atoms with van der Waals surface area (Å²) < 4.78 is 17.1. The first-order chi connectivity index (χ1) is 21.8. The molecule has 0 amide bonds. The highest BCUT2D eigenvalue weighted by molar-refractivity contribution is 5.34. The Kier molecular flexibility index (Phi) is 19.0. The van der Waals surface area contributed by atoms with Gasteiger partial charge < -0.3 is 9.47 Å². The maximum atomic E-state index is 6.30. The molecule has 0 aliphatic carbocycles. The molecule has 0 atom stereocenters. The topological polar surface area (TPSA) is 26.2 Å². The number of pyridine rings is 2. The van der Waals surface area contributed by atoms with Crippen molar-refractivity contribution in [2.75, 3.05) is 0 Å². The Morgan fingerprint density at radius 3 is 1.05 bits per heavy atom. The minimum Gasteiger partial charge on any atom is -0.405 e. The summed E-state index contributed by atoms with van der Waals surface area (Å²) in [6.07, 6.45) is 31.2. The molecular formula is C40H62N2O2+2. The van der Waals surface area contributed by atoms with Gasteiger partial charge in [-0.3, -0.25) is 0 Å². The lowest BCUT2D eigenvalue weighted by atomic mass is 10.1. The number of hydrogen-bond acceptors (Lipinski definition) is 2. The number of nitrogens with zero attached hydrogens (tertiary/aromatic N) is 2. The molecule has 4 heteroatoms. The standard InChI is InChI=1S/C40H62N2O2/c1-3-5-7-9-11-13-15-17-19-23-33-41-35-25-21-27-39(41)43-37-29-31-38(32-30-37)44-40-28-22-26-36-42(40)34-24-20-18-16-14-12-10-8-6-4-2/h21-22,25-32,35-36H,3-20,23-24,33-34H2,1-2H3/q+2. The average molecular weight is 603 g/mol. The number of unbranched alkanes of at least 4 members (excludes halogenated alkanes) is 18. The zero-order chi connectivity index (χ0) is 30.9. The lowest BCUT2D eigenvalue weighted by molar-refractivity contribution is -0.701. The van der Waals surface area contributed by atoms with Crippen LogP contribution in [-0.4, -0.2) is 0 Å². The molecule has 4 nitrogen and oxygen atoms in total. The third-order valence-corrected chi connectivity index (χ3v) is 8.57. The predicted molar refractivity (Wildman–Crippen MR) is 184 cm³/mol. The van der Waals surface area contributed by atoms with E-state index in [1.165, 1.54) is 128 Å². The summed E-state index contributed by atoms with van der Waals surface area (Å²) in [5.74, 6) is 3.42. The summed E-state index contributed by atoms with van der Waals surface area (Å²) in [6, 6.07) is 20.4. The predicted octanol–water partition coefficient (Wildman–Crippen LogP) is 11.7. The summed E-state index contributed by atoms with van der Waals surface area (Å²) in [7, 11) is 0. The fraction of sp³-hybridized carbons (Fsp3) is 0.600. The third kappa shape index (κ3) is 15.2. The van der Waals surface area contributed by atoms with Gasteiger partial charge in [0.2, 0.25) is 0 Å². The highest BCUT2D eigenvalue weighted by Gasteiger charge is 2.14. The highest BCUT2D eigenvalue weighted by atomic mass is 16.5. The van der Waals surface area contributed by atoms with E-state index in [2.05, 4.69) is 59.6 Å². The average Bonchev–Trinajstić information content (AvgIpc) is 3.05. The SMILES string of the molecule is CCCCCCCCCCCC[n+]1ccccc1Oc1ccc(Oc2cccc[n+]2CCCCCCCCCCCC)cc1. The molecule has 0 aliphatic rings. The van der Waals surface area contributed by atoms with Gasteiger partial charge in [0.25, 0.3) is 0 Å². The first kappa shape index (κ1) is 35.6. The maximum absolute atomic E-state index is 6.30. The zero-order valence-corrected chi connectivity index (χ0v) is 28.2. The van der Waals surface area contributed by atoms with Crippen molar-refractivity contribution in [3.63, 3.8) is 0 Å². The Bertz CT molecular complexity index is 1030. The monoisotopic (exact) mass is 602 g/mol. The molecule has 0 spiro atoms. The van der Waals surface area contributed by atoms with E-state index in [0.717, 1.165) is 36.3 Å². The van der Waals surface area contributed by atoms with Crippen molar-refractivity contribution >= 4 is 0 Å². The van der Waals surface area contributed by atoms with Gasteiger partial charge in [-0.1, -0.05) is 117 Å². The van der Waals surface area contributed by atoms with Crippen LogP contribution >= 0.6 is 0 Å². The Balaban J connectivity index is 1.37. The van der Waals surface area contributed by atoms with E-state index in [4.69, 9.17) is 9.47 Å². The molecule has 2 heterocycles. The van der Waals surface area contributed by atoms with Gasteiger partial charge in [0.05, 0.1) is 12.1 Å². The molecule has 0 saturated carbocycles. The van der Waals surface area contributed by atoms with Crippen LogP contribution in [-0.2, 0) is 13.1 Å². The van der Waals surface area contributed by atoms with E-state index in [-0.39, 0.29) is 0 Å². The van der Waals surface area contributed by atoms with Crippen LogP contribution in [0.15, 0.2) is 73.1 Å². The van der Waals surface area contributed by atoms with Gasteiger partial charge in [-0.05, 0) is 49.2 Å². The number of hydrogen-bond donors (Lipinski definition) is 0. The van der Waals surface area contributed by atoms with Crippen molar-refractivity contribution in [2.45, 2.75) is 155 Å². The second-order valence-corrected chi connectivity index (χ2v) is 12.5. The quantitative estimate of drug-likeness (QED) is 0.0675. The molecule has 1 aromatic carbocycles. The number of benzene rings is 1. The highest BCUT2D eigenvalue weighted by Crippen LogP contribution is 2.24. The van der Waals surface area contributed by atoms with E-state index in [1.54, 1.807) is 0 Å². The van der Waals surface area contributed by atoms with E-state index in [0.29, 0.717) is 0 Å². The molecule has 242 valence electrons. The lowest BCUT2D eigenvalue weighted by Gasteiger charge is -2.08. The molecule has 0 aliphatic heterocycles. The van der Waals surface area contributed by atoms with Gasteiger partial charge in [-0.2, -0.15) is 9.13 Å². The molecule has 0 unspecified atom stereocenters. The molecule has 0 fully saturated rings. The van der Waals surface area contributed by atoms with Crippen molar-refractivity contribution in [1.29, 1.82) is 0 Å². The van der Waals surface area contributed by atoms with Crippen molar-refractivity contribution in [2.24, 2.45) is 0 Å². The smallest absolute Gasteiger partial charge is 0.373 e. The van der Waals surface area contributed by atoms with Crippen LogP contribution < -0.4 is 18.6 Å². The van der Waals surface area contributed by atoms with Crippen molar-refractivity contribution in [3.8, 4) is 23.3 Å². The summed E-state index contributed by atoms with van der Waals surface area (Å²) in [6.45, 7) is 6.54. The Morgan fingerprint density at radius 1 is 0.386 bits per heavy atom. The van der Waals surface area contributed by atoms with Gasteiger partial charge in [0.1, 0.15) is 11.5 Å². The fourth-order valence-corrected chi connectivity index (χ4v) is 5.83. The number of ether oxygens (including phenoxy) is 2. The van der Waals surface area contributed by atoms with E-state index in [9.17, 15) is 0 Å². The normalized spacial score (nSPS) is 11.1. The molecule has 0 bridgehead atoms. The van der Waals surface area contributed by atoms with Crippen molar-refractivity contribution in [3.05, 3.63) is 73.1 Å². The van der Waals surface area contributed by atoms with E-state index >= 15 is 0 Å². The van der Waals surface area contributed by atoms with Gasteiger partial charge in [-0.15, -0.1) is 0 Å². The number of rotatable bonds is 26. The van der Waals surface area contributed by atoms with Crippen LogP contribution in [0.1, 0.15) is 142 Å². The van der Waals surface area contributed by atoms with Crippen molar-refractivity contribution < 1.29 is 18.6 Å². The minimum absolute atomic E-state index is 0.826. The molecule has 0 N–H and O–H groups in total. The molecule has 2 aromatic heterocycles. The lowest BCUT2D eigenvalue weighted by Crippen LogP contribution is -2.34. The Morgan fingerprint density at radius 2 is 0.705 bits per heavy atom. The Labute approximate surface area is 269 Å². The summed E-state index contributed by atoms with van der Waals surface area (Å²) >= 11 is 0. The third-order valence-electron chi connectivity index (χ3n) is 8.57. The van der Waals surface area contributed by atoms with Gasteiger partial charge in [0.15, 0.2) is 25.5 Å². The van der Waals surface area contributed by atoms with Crippen LogP contribution in [0.4, 0.5) is 0 Å². The number of aromatic nitrogens is 2. The first-order valence-corrected chi connectivity index (χ1v) is 18.2. The van der Waals surface area contributed by atoms with Crippen LogP contribution in [0.2, 0.25) is 0 Å². The summed E-state index contributed by atoms with van der Waals surface area (Å²) in [5, 5.41) is 0. The van der Waals surface area contributed by atoms with E-state index < -0.39 is 0 Å². The summed E-state index contributed by atoms with van der Waals surface area (Å²) in [4.78, 5) is 0. The number of aryl methyl sites for hydroxylation is 2. The van der Waals surface area contributed by atoms with Crippen LogP contribution in [0, 0.1) is 0 Å². The van der Waals surface area contributed by atoms with Gasteiger partial charge in [0, 0.05) is 25.0 Å². The van der Waals surface area contributed by atoms with Crippen LogP contribution in [0.3, 0.4) is 0 Å². The zero-order valence-electron chi connectivity index (χ0n) is 28.2. The van der Waals surface area contributed by atoms with E-state index in [1.807, 2.05) is 36.4 Å². The second kappa shape index (κ2) is 23.5. The Hall–Kier alpha value is -2.88.